The van der Waals surface area contributed by atoms with Gasteiger partial charge in [-0.3, -0.25) is 0 Å². The number of ether oxygens (including phenoxy) is 2. The Balaban J connectivity index is 2.70. The second-order valence-corrected chi connectivity index (χ2v) is 4.59. The number of methoxy groups -OCH3 is 1. The molecule has 1 rings (SSSR count). The first-order valence-corrected chi connectivity index (χ1v) is 6.71. The summed E-state index contributed by atoms with van der Waals surface area (Å²) in [5.41, 5.74) is 1.10. The molecule has 1 atom stereocenters. The summed E-state index contributed by atoms with van der Waals surface area (Å²) in [6, 6.07) is 5.97. The van der Waals surface area contributed by atoms with Crippen molar-refractivity contribution in [2.75, 3.05) is 26.9 Å². The maximum Gasteiger partial charge on any atom is 0.124 e. The highest BCUT2D eigenvalue weighted by Crippen LogP contribution is 2.28. The van der Waals surface area contributed by atoms with Crippen LogP contribution >= 0.6 is 11.6 Å². The maximum absolute atomic E-state index is 6.04. The van der Waals surface area contributed by atoms with E-state index in [1.807, 2.05) is 18.2 Å². The third-order valence-corrected chi connectivity index (χ3v) is 2.93. The van der Waals surface area contributed by atoms with Crippen LogP contribution < -0.4 is 10.1 Å². The molecule has 1 N–H and O–H groups in total. The lowest BCUT2D eigenvalue weighted by Crippen LogP contribution is -2.18. The van der Waals surface area contributed by atoms with Crippen LogP contribution in [0.2, 0.25) is 5.02 Å². The summed E-state index contributed by atoms with van der Waals surface area (Å²) in [5.74, 6) is 0.893. The third kappa shape index (κ3) is 4.84. The molecule has 0 heterocycles. The highest BCUT2D eigenvalue weighted by Gasteiger charge is 2.11. The minimum atomic E-state index is 0.228. The lowest BCUT2D eigenvalue weighted by molar-refractivity contribution is 0.171. The molecular formula is C14H22ClNO2. The van der Waals surface area contributed by atoms with Crippen LogP contribution in [0.4, 0.5) is 0 Å². The Kier molecular flexibility index (Phi) is 7.09. The molecular weight excluding hydrogens is 250 g/mol. The van der Waals surface area contributed by atoms with E-state index in [-0.39, 0.29) is 6.04 Å². The average molecular weight is 272 g/mol. The molecule has 0 saturated heterocycles. The van der Waals surface area contributed by atoms with Crippen LogP contribution in [0.3, 0.4) is 0 Å². The lowest BCUT2D eigenvalue weighted by atomic mass is 10.1. The van der Waals surface area contributed by atoms with E-state index in [0.29, 0.717) is 13.2 Å². The molecule has 3 nitrogen and oxygen atoms in total. The van der Waals surface area contributed by atoms with Crippen molar-refractivity contribution in [1.82, 2.24) is 5.32 Å². The van der Waals surface area contributed by atoms with E-state index in [1.54, 1.807) is 7.11 Å². The average Bonchev–Trinajstić information content (AvgIpc) is 2.36. The van der Waals surface area contributed by atoms with E-state index in [1.165, 1.54) is 0 Å². The molecule has 0 fully saturated rings. The smallest absolute Gasteiger partial charge is 0.124 e. The van der Waals surface area contributed by atoms with Gasteiger partial charge in [0.25, 0.3) is 0 Å². The summed E-state index contributed by atoms with van der Waals surface area (Å²) in [4.78, 5) is 0. The van der Waals surface area contributed by atoms with Crippen molar-refractivity contribution in [2.24, 2.45) is 0 Å². The fourth-order valence-electron chi connectivity index (χ4n) is 1.79. The Labute approximate surface area is 114 Å². The Morgan fingerprint density at radius 1 is 1.33 bits per heavy atom. The largest absolute Gasteiger partial charge is 0.493 e. The van der Waals surface area contributed by atoms with Crippen LogP contribution in [-0.4, -0.2) is 26.9 Å². The van der Waals surface area contributed by atoms with Gasteiger partial charge in [-0.2, -0.15) is 0 Å². The fourth-order valence-corrected chi connectivity index (χ4v) is 1.97. The van der Waals surface area contributed by atoms with Crippen molar-refractivity contribution >= 4 is 11.6 Å². The Bertz CT molecular complexity index is 358. The third-order valence-electron chi connectivity index (χ3n) is 2.70. The van der Waals surface area contributed by atoms with Gasteiger partial charge >= 0.3 is 0 Å². The molecule has 4 heteroatoms. The zero-order valence-electron chi connectivity index (χ0n) is 11.3. The maximum atomic E-state index is 6.04. The van der Waals surface area contributed by atoms with Crippen LogP contribution in [0.25, 0.3) is 0 Å². The van der Waals surface area contributed by atoms with E-state index in [0.717, 1.165) is 29.3 Å². The first-order chi connectivity index (χ1) is 8.69. The summed E-state index contributed by atoms with van der Waals surface area (Å²) in [7, 11) is 1.70. The van der Waals surface area contributed by atoms with Crippen molar-refractivity contribution in [3.8, 4) is 5.75 Å². The predicted molar refractivity (Wildman–Crippen MR) is 75.5 cm³/mol. The van der Waals surface area contributed by atoms with Gasteiger partial charge in [0, 0.05) is 36.8 Å². The molecule has 0 amide bonds. The van der Waals surface area contributed by atoms with Crippen molar-refractivity contribution in [1.29, 1.82) is 0 Å². The molecule has 0 aliphatic rings. The second-order valence-electron chi connectivity index (χ2n) is 4.16. The number of benzene rings is 1. The van der Waals surface area contributed by atoms with Gasteiger partial charge in [-0.1, -0.05) is 18.5 Å². The van der Waals surface area contributed by atoms with Crippen LogP contribution in [0.15, 0.2) is 18.2 Å². The van der Waals surface area contributed by atoms with Gasteiger partial charge in [0.05, 0.1) is 6.61 Å². The molecule has 0 radical (unpaired) electrons. The van der Waals surface area contributed by atoms with Crippen LogP contribution in [0, 0.1) is 0 Å². The second kappa shape index (κ2) is 8.35. The minimum Gasteiger partial charge on any atom is -0.493 e. The molecule has 0 spiro atoms. The van der Waals surface area contributed by atoms with Crippen LogP contribution in [-0.2, 0) is 4.74 Å². The normalized spacial score (nSPS) is 12.4. The van der Waals surface area contributed by atoms with Crippen molar-refractivity contribution in [3.05, 3.63) is 28.8 Å². The van der Waals surface area contributed by atoms with E-state index in [4.69, 9.17) is 21.1 Å². The molecule has 0 bridgehead atoms. The Hall–Kier alpha value is -0.770. The molecule has 1 aromatic rings. The number of hydrogen-bond donors (Lipinski definition) is 1. The number of hydrogen-bond acceptors (Lipinski definition) is 3. The first kappa shape index (κ1) is 15.3. The summed E-state index contributed by atoms with van der Waals surface area (Å²) in [6.45, 7) is 6.47. The summed E-state index contributed by atoms with van der Waals surface area (Å²) < 4.78 is 10.8. The number of rotatable bonds is 8. The van der Waals surface area contributed by atoms with Crippen molar-refractivity contribution in [2.45, 2.75) is 26.3 Å². The standard InChI is InChI=1S/C14H22ClNO2/c1-4-16-11(2)13-10-12(15)6-7-14(13)18-9-5-8-17-3/h6-7,10-11,16H,4-5,8-9H2,1-3H3. The SMILES string of the molecule is CCNC(C)c1cc(Cl)ccc1OCCCOC. The van der Waals surface area contributed by atoms with Gasteiger partial charge in [-0.15, -0.1) is 0 Å². The highest BCUT2D eigenvalue weighted by molar-refractivity contribution is 6.30. The molecule has 18 heavy (non-hydrogen) atoms. The quantitative estimate of drug-likeness (QED) is 0.735. The first-order valence-electron chi connectivity index (χ1n) is 6.33. The zero-order chi connectivity index (χ0) is 13.4. The minimum absolute atomic E-state index is 0.228. The zero-order valence-corrected chi connectivity index (χ0v) is 12.1. The van der Waals surface area contributed by atoms with Gasteiger partial charge in [0.15, 0.2) is 0 Å². The highest BCUT2D eigenvalue weighted by atomic mass is 35.5. The molecule has 0 aliphatic carbocycles. The molecule has 1 aromatic carbocycles. The van der Waals surface area contributed by atoms with Gasteiger partial charge < -0.3 is 14.8 Å². The fraction of sp³-hybridized carbons (Fsp3) is 0.571. The number of halogens is 1. The summed E-state index contributed by atoms with van der Waals surface area (Å²) in [5, 5.41) is 4.10. The van der Waals surface area contributed by atoms with Crippen LogP contribution in [0.5, 0.6) is 5.75 Å². The number of nitrogens with one attached hydrogen (secondary N) is 1. The van der Waals surface area contributed by atoms with Gasteiger partial charge in [0.2, 0.25) is 0 Å². The van der Waals surface area contributed by atoms with E-state index >= 15 is 0 Å². The van der Waals surface area contributed by atoms with Crippen molar-refractivity contribution < 1.29 is 9.47 Å². The van der Waals surface area contributed by atoms with Crippen molar-refractivity contribution in [3.63, 3.8) is 0 Å². The van der Waals surface area contributed by atoms with E-state index in [9.17, 15) is 0 Å². The molecule has 0 saturated carbocycles. The van der Waals surface area contributed by atoms with Crippen LogP contribution in [0.1, 0.15) is 31.9 Å². The lowest BCUT2D eigenvalue weighted by Gasteiger charge is -2.18. The molecule has 0 aliphatic heterocycles. The summed E-state index contributed by atoms with van der Waals surface area (Å²) >= 11 is 6.04. The Morgan fingerprint density at radius 2 is 2.11 bits per heavy atom. The van der Waals surface area contributed by atoms with Gasteiger partial charge in [-0.25, -0.2) is 0 Å². The Morgan fingerprint density at radius 3 is 2.78 bits per heavy atom. The molecule has 0 aromatic heterocycles. The molecule has 102 valence electrons. The van der Waals surface area contributed by atoms with Gasteiger partial charge in [-0.05, 0) is 31.7 Å². The summed E-state index contributed by atoms with van der Waals surface area (Å²) in [6.07, 6.45) is 0.883. The monoisotopic (exact) mass is 271 g/mol. The molecule has 1 unspecified atom stereocenters. The predicted octanol–water partition coefficient (Wildman–Crippen LogP) is 3.43. The topological polar surface area (TPSA) is 30.5 Å². The van der Waals surface area contributed by atoms with Gasteiger partial charge in [0.1, 0.15) is 5.75 Å². The van der Waals surface area contributed by atoms with E-state index < -0.39 is 0 Å². The van der Waals surface area contributed by atoms with E-state index in [2.05, 4.69) is 19.2 Å².